The fourth-order valence-corrected chi connectivity index (χ4v) is 2.76. The summed E-state index contributed by atoms with van der Waals surface area (Å²) in [7, 11) is 0. The van der Waals surface area contributed by atoms with Crippen LogP contribution in [0.2, 0.25) is 5.15 Å². The van der Waals surface area contributed by atoms with Crippen molar-refractivity contribution in [2.45, 2.75) is 6.42 Å². The number of hydrogen-bond donors (Lipinski definition) is 0. The lowest BCUT2D eigenvalue weighted by molar-refractivity contribution is 0.0453. The normalized spacial score (nSPS) is 24.4. The van der Waals surface area contributed by atoms with Gasteiger partial charge in [-0.2, -0.15) is 4.98 Å². The maximum absolute atomic E-state index is 5.75. The second-order valence-corrected chi connectivity index (χ2v) is 5.69. The largest absolute Gasteiger partial charge is 0.476 e. The van der Waals surface area contributed by atoms with Gasteiger partial charge in [-0.3, -0.25) is 4.98 Å². The molecule has 0 aliphatic carbocycles. The third-order valence-electron chi connectivity index (χ3n) is 3.62. The quantitative estimate of drug-likeness (QED) is 0.819. The second-order valence-electron chi connectivity index (χ2n) is 5.31. The Morgan fingerprint density at radius 1 is 1.37 bits per heavy atom. The number of nitrogens with zero attached hydrogens (tertiary/aromatic N) is 3. The molecule has 0 bridgehead atoms. The predicted molar refractivity (Wildman–Crippen MR) is 71.4 cm³/mol. The lowest BCUT2D eigenvalue weighted by Crippen LogP contribution is -2.50. The lowest BCUT2D eigenvalue weighted by atomic mass is 9.98. The Hall–Kier alpha value is -0.910. The van der Waals surface area contributed by atoms with Gasteiger partial charge in [0.1, 0.15) is 0 Å². The Morgan fingerprint density at radius 2 is 2.26 bits per heavy atom. The van der Waals surface area contributed by atoms with Gasteiger partial charge in [0.05, 0.1) is 25.6 Å². The first-order valence-electron chi connectivity index (χ1n) is 6.70. The van der Waals surface area contributed by atoms with Gasteiger partial charge in [0.25, 0.3) is 0 Å². The van der Waals surface area contributed by atoms with Crippen LogP contribution in [0.15, 0.2) is 12.4 Å². The van der Waals surface area contributed by atoms with Gasteiger partial charge >= 0.3 is 0 Å². The van der Waals surface area contributed by atoms with Crippen LogP contribution in [0.25, 0.3) is 0 Å². The van der Waals surface area contributed by atoms with Crippen molar-refractivity contribution in [2.75, 3.05) is 39.5 Å². The molecule has 0 saturated carbocycles. The second kappa shape index (κ2) is 6.03. The van der Waals surface area contributed by atoms with Crippen LogP contribution in [0.4, 0.5) is 0 Å². The van der Waals surface area contributed by atoms with Gasteiger partial charge in [0, 0.05) is 32.2 Å². The molecule has 6 heteroatoms. The molecule has 0 spiro atoms. The molecule has 104 valence electrons. The van der Waals surface area contributed by atoms with Crippen LogP contribution >= 0.6 is 11.6 Å². The molecule has 0 aromatic carbocycles. The summed E-state index contributed by atoms with van der Waals surface area (Å²) in [5.74, 6) is 1.82. The molecule has 19 heavy (non-hydrogen) atoms. The van der Waals surface area contributed by atoms with Gasteiger partial charge < -0.3 is 14.4 Å². The highest BCUT2D eigenvalue weighted by Crippen LogP contribution is 2.21. The van der Waals surface area contributed by atoms with Crippen molar-refractivity contribution < 1.29 is 9.47 Å². The molecule has 1 aromatic heterocycles. The Bertz CT molecular complexity index is 420. The van der Waals surface area contributed by atoms with Crippen molar-refractivity contribution in [3.8, 4) is 5.88 Å². The molecule has 5 nitrogen and oxygen atoms in total. The average Bonchev–Trinajstić information content (AvgIpc) is 2.85. The summed E-state index contributed by atoms with van der Waals surface area (Å²) in [6, 6.07) is 0. The van der Waals surface area contributed by atoms with Gasteiger partial charge in [-0.1, -0.05) is 11.6 Å². The fourth-order valence-electron chi connectivity index (χ4n) is 2.62. The van der Waals surface area contributed by atoms with Crippen molar-refractivity contribution >= 4 is 11.6 Å². The van der Waals surface area contributed by atoms with Crippen LogP contribution in [0.5, 0.6) is 5.88 Å². The van der Waals surface area contributed by atoms with E-state index in [2.05, 4.69) is 14.9 Å². The van der Waals surface area contributed by atoms with E-state index in [4.69, 9.17) is 21.1 Å². The number of hydrogen-bond acceptors (Lipinski definition) is 5. The zero-order valence-electron chi connectivity index (χ0n) is 10.8. The first kappa shape index (κ1) is 13.1. The highest BCUT2D eigenvalue weighted by molar-refractivity contribution is 6.29. The molecule has 3 heterocycles. The van der Waals surface area contributed by atoms with Crippen LogP contribution in [-0.4, -0.2) is 54.3 Å². The minimum atomic E-state index is 0.369. The summed E-state index contributed by atoms with van der Waals surface area (Å²) < 4.78 is 11.0. The van der Waals surface area contributed by atoms with Gasteiger partial charge in [-0.25, -0.2) is 0 Å². The molecule has 1 atom stereocenters. The van der Waals surface area contributed by atoms with E-state index in [1.807, 2.05) is 0 Å². The molecule has 0 radical (unpaired) electrons. The van der Waals surface area contributed by atoms with Crippen molar-refractivity contribution in [3.63, 3.8) is 0 Å². The molecule has 3 rings (SSSR count). The zero-order valence-corrected chi connectivity index (χ0v) is 11.6. The number of likely N-dealkylation sites (tertiary alicyclic amines) is 1. The summed E-state index contributed by atoms with van der Waals surface area (Å²) >= 11 is 5.75. The number of ether oxygens (including phenoxy) is 2. The first-order valence-corrected chi connectivity index (χ1v) is 7.08. The van der Waals surface area contributed by atoms with Gasteiger partial charge in [-0.05, 0) is 12.3 Å². The van der Waals surface area contributed by atoms with E-state index in [0.717, 1.165) is 38.8 Å². The van der Waals surface area contributed by atoms with Crippen molar-refractivity contribution in [2.24, 2.45) is 11.8 Å². The van der Waals surface area contributed by atoms with E-state index in [1.54, 1.807) is 6.20 Å². The highest BCUT2D eigenvalue weighted by Gasteiger charge is 2.30. The molecule has 2 aliphatic heterocycles. The SMILES string of the molecule is Clc1cncc(OCC2CN(CC3CCOC3)C2)n1. The lowest BCUT2D eigenvalue weighted by Gasteiger charge is -2.40. The maximum Gasteiger partial charge on any atom is 0.233 e. The minimum Gasteiger partial charge on any atom is -0.476 e. The Labute approximate surface area is 117 Å². The molecule has 2 fully saturated rings. The Balaban J connectivity index is 1.35. The molecular weight excluding hydrogens is 266 g/mol. The van der Waals surface area contributed by atoms with Crippen molar-refractivity contribution in [1.82, 2.24) is 14.9 Å². The number of rotatable bonds is 5. The van der Waals surface area contributed by atoms with Crippen molar-refractivity contribution in [1.29, 1.82) is 0 Å². The number of halogens is 1. The van der Waals surface area contributed by atoms with Crippen LogP contribution in [0, 0.1) is 11.8 Å². The summed E-state index contributed by atoms with van der Waals surface area (Å²) in [5, 5.41) is 0.369. The molecule has 0 amide bonds. The summed E-state index contributed by atoms with van der Waals surface area (Å²) in [5.41, 5.74) is 0. The van der Waals surface area contributed by atoms with Crippen LogP contribution < -0.4 is 4.74 Å². The minimum absolute atomic E-state index is 0.369. The molecule has 1 unspecified atom stereocenters. The van der Waals surface area contributed by atoms with Gasteiger partial charge in [-0.15, -0.1) is 0 Å². The van der Waals surface area contributed by atoms with Crippen LogP contribution in [0.3, 0.4) is 0 Å². The Kier molecular flexibility index (Phi) is 4.15. The van der Waals surface area contributed by atoms with E-state index in [0.29, 0.717) is 23.6 Å². The molecule has 2 aliphatic rings. The topological polar surface area (TPSA) is 47.5 Å². The molecule has 1 aromatic rings. The zero-order chi connectivity index (χ0) is 13.1. The van der Waals surface area contributed by atoms with E-state index < -0.39 is 0 Å². The molecule has 2 saturated heterocycles. The highest BCUT2D eigenvalue weighted by atomic mass is 35.5. The van der Waals surface area contributed by atoms with Gasteiger partial charge in [0.15, 0.2) is 5.15 Å². The third-order valence-corrected chi connectivity index (χ3v) is 3.81. The van der Waals surface area contributed by atoms with Crippen LogP contribution in [0.1, 0.15) is 6.42 Å². The monoisotopic (exact) mass is 283 g/mol. The molecular formula is C13H18ClN3O2. The van der Waals surface area contributed by atoms with Crippen LogP contribution in [-0.2, 0) is 4.74 Å². The smallest absolute Gasteiger partial charge is 0.233 e. The maximum atomic E-state index is 5.75. The fraction of sp³-hybridized carbons (Fsp3) is 0.692. The first-order chi connectivity index (χ1) is 9.29. The third kappa shape index (κ3) is 3.55. The Morgan fingerprint density at radius 3 is 3.00 bits per heavy atom. The van der Waals surface area contributed by atoms with Crippen molar-refractivity contribution in [3.05, 3.63) is 17.5 Å². The average molecular weight is 284 g/mol. The number of aromatic nitrogens is 2. The molecule has 0 N–H and O–H groups in total. The van der Waals surface area contributed by atoms with E-state index >= 15 is 0 Å². The summed E-state index contributed by atoms with van der Waals surface area (Å²) in [6.07, 6.45) is 4.30. The van der Waals surface area contributed by atoms with E-state index in [9.17, 15) is 0 Å². The van der Waals surface area contributed by atoms with Gasteiger partial charge in [0.2, 0.25) is 5.88 Å². The van der Waals surface area contributed by atoms with E-state index in [-0.39, 0.29) is 0 Å². The standard InChI is InChI=1S/C13H18ClN3O2/c14-12-3-15-4-13(16-12)19-9-11-6-17(7-11)5-10-1-2-18-8-10/h3-4,10-11H,1-2,5-9H2. The van der Waals surface area contributed by atoms with E-state index in [1.165, 1.54) is 12.6 Å². The summed E-state index contributed by atoms with van der Waals surface area (Å²) in [4.78, 5) is 10.5. The summed E-state index contributed by atoms with van der Waals surface area (Å²) in [6.45, 7) is 5.91. The predicted octanol–water partition coefficient (Wildman–Crippen LogP) is 1.48.